The van der Waals surface area contributed by atoms with Crippen LogP contribution in [0.15, 0.2) is 71.8 Å². The molecule has 7 heteroatoms. The molecule has 2 aromatic carbocycles. The number of hydrogen-bond acceptors (Lipinski definition) is 7. The third-order valence-corrected chi connectivity index (χ3v) is 7.09. The summed E-state index contributed by atoms with van der Waals surface area (Å²) in [6, 6.07) is 19.7. The molecule has 0 fully saturated rings. The van der Waals surface area contributed by atoms with Crippen LogP contribution in [0, 0.1) is 18.8 Å². The summed E-state index contributed by atoms with van der Waals surface area (Å²) in [6.45, 7) is 10.8. The largest absolute Gasteiger partial charge is 0.466 e. The molecule has 0 bridgehead atoms. The van der Waals surface area contributed by atoms with Crippen LogP contribution in [-0.2, 0) is 28.6 Å². The zero-order chi connectivity index (χ0) is 28.5. The SMILES string of the molecule is CCOC(=O)[C@@H]1CC(c2ccccc2)=C(C)[C@H]1OC(C)=O.[CH2+]COC(=O)[C@H]1CC(c2ccccc2)=C(C)[C@@H]1O. The van der Waals surface area contributed by atoms with E-state index in [1.54, 1.807) is 6.92 Å². The molecule has 0 amide bonds. The maximum atomic E-state index is 12.1. The van der Waals surface area contributed by atoms with Crippen molar-refractivity contribution < 1.29 is 33.7 Å². The molecular weight excluding hydrogens is 496 g/mol. The quantitative estimate of drug-likeness (QED) is 0.297. The van der Waals surface area contributed by atoms with Crippen LogP contribution in [0.5, 0.6) is 0 Å². The minimum Gasteiger partial charge on any atom is -0.466 e. The van der Waals surface area contributed by atoms with Crippen LogP contribution in [0.2, 0.25) is 0 Å². The topological polar surface area (TPSA) is 99.1 Å². The molecule has 2 aromatic rings. The van der Waals surface area contributed by atoms with E-state index in [4.69, 9.17) is 14.2 Å². The van der Waals surface area contributed by atoms with Crippen LogP contribution in [0.25, 0.3) is 11.1 Å². The molecule has 7 nitrogen and oxygen atoms in total. The van der Waals surface area contributed by atoms with Gasteiger partial charge in [0.1, 0.15) is 18.9 Å². The molecule has 0 radical (unpaired) electrons. The number of hydrogen-bond donors (Lipinski definition) is 1. The lowest BCUT2D eigenvalue weighted by Gasteiger charge is -2.19. The van der Waals surface area contributed by atoms with E-state index in [-0.39, 0.29) is 24.5 Å². The highest BCUT2D eigenvalue weighted by atomic mass is 16.6. The molecule has 0 saturated carbocycles. The van der Waals surface area contributed by atoms with Gasteiger partial charge in [-0.2, -0.15) is 0 Å². The van der Waals surface area contributed by atoms with Gasteiger partial charge in [0, 0.05) is 6.92 Å². The molecule has 0 saturated heterocycles. The van der Waals surface area contributed by atoms with Crippen molar-refractivity contribution in [3.63, 3.8) is 0 Å². The zero-order valence-electron chi connectivity index (χ0n) is 23.0. The van der Waals surface area contributed by atoms with Gasteiger partial charge >= 0.3 is 17.9 Å². The van der Waals surface area contributed by atoms with Crippen LogP contribution >= 0.6 is 0 Å². The van der Waals surface area contributed by atoms with E-state index in [0.717, 1.165) is 33.4 Å². The van der Waals surface area contributed by atoms with Crippen LogP contribution in [0.1, 0.15) is 51.7 Å². The number of carbonyl (C=O) groups is 3. The molecule has 4 atom stereocenters. The Morgan fingerprint density at radius 3 is 1.79 bits per heavy atom. The fourth-order valence-corrected chi connectivity index (χ4v) is 5.13. The minimum atomic E-state index is -0.751. The monoisotopic (exact) mass is 533 g/mol. The molecule has 0 spiro atoms. The normalized spacial score (nSPS) is 22.2. The second-order valence-electron chi connectivity index (χ2n) is 9.57. The molecule has 2 aliphatic carbocycles. The van der Waals surface area contributed by atoms with Gasteiger partial charge in [-0.15, -0.1) is 0 Å². The van der Waals surface area contributed by atoms with Crippen molar-refractivity contribution >= 4 is 29.1 Å². The Morgan fingerprint density at radius 1 is 0.821 bits per heavy atom. The predicted octanol–water partition coefficient (Wildman–Crippen LogP) is 5.19. The van der Waals surface area contributed by atoms with Crippen molar-refractivity contribution in [2.75, 3.05) is 13.2 Å². The van der Waals surface area contributed by atoms with Gasteiger partial charge in [-0.3, -0.25) is 14.4 Å². The molecule has 0 aromatic heterocycles. The van der Waals surface area contributed by atoms with E-state index >= 15 is 0 Å². The predicted molar refractivity (Wildman–Crippen MR) is 149 cm³/mol. The van der Waals surface area contributed by atoms with Crippen LogP contribution in [0.4, 0.5) is 0 Å². The summed E-state index contributed by atoms with van der Waals surface area (Å²) in [4.78, 5) is 35.2. The van der Waals surface area contributed by atoms with Gasteiger partial charge < -0.3 is 19.3 Å². The van der Waals surface area contributed by atoms with Crippen molar-refractivity contribution in [3.8, 4) is 0 Å². The van der Waals surface area contributed by atoms with Crippen LogP contribution in [0.3, 0.4) is 0 Å². The molecule has 0 aliphatic heterocycles. The van der Waals surface area contributed by atoms with E-state index in [2.05, 4.69) is 6.92 Å². The second-order valence-corrected chi connectivity index (χ2v) is 9.57. The van der Waals surface area contributed by atoms with E-state index < -0.39 is 24.0 Å². The fourth-order valence-electron chi connectivity index (χ4n) is 5.13. The summed E-state index contributed by atoms with van der Waals surface area (Å²) in [5, 5.41) is 10.1. The first kappa shape index (κ1) is 29.7. The smallest absolute Gasteiger partial charge is 0.315 e. The number of ether oxygens (including phenoxy) is 3. The summed E-state index contributed by atoms with van der Waals surface area (Å²) < 4.78 is 15.4. The average Bonchev–Trinajstić information content (AvgIpc) is 3.41. The lowest BCUT2D eigenvalue weighted by Crippen LogP contribution is -2.30. The molecule has 1 N–H and O–H groups in total. The third kappa shape index (κ3) is 7.18. The Kier molecular flexibility index (Phi) is 10.5. The van der Waals surface area contributed by atoms with Gasteiger partial charge in [-0.1, -0.05) is 60.7 Å². The number of esters is 3. The standard InChI is InChI=1S/C17H20O4.C15H17O3/c1-4-20-17(19)15-10-14(13-8-6-5-7-9-13)11(2)16(15)21-12(3)18;1-3-18-15(17)13-9-12(10(2)14(13)16)11-7-5-4-6-8-11/h5-9,15-16H,4,10H2,1-3H3;4-8,13-14,16H,1,3,9H2,2H3/q;+1/t15-,16-;13-,14-/m10/s1. The van der Waals surface area contributed by atoms with Gasteiger partial charge in [0.2, 0.25) is 6.61 Å². The van der Waals surface area contributed by atoms with Gasteiger partial charge in [0.05, 0.1) is 18.6 Å². The fraction of sp³-hybridized carbons (Fsp3) is 0.375. The first-order valence-electron chi connectivity index (χ1n) is 13.2. The van der Waals surface area contributed by atoms with Crippen molar-refractivity contribution in [1.29, 1.82) is 0 Å². The highest BCUT2D eigenvalue weighted by Gasteiger charge is 2.41. The number of allylic oxidation sites excluding steroid dienone is 2. The highest BCUT2D eigenvalue weighted by Crippen LogP contribution is 2.40. The molecule has 2 aliphatic rings. The summed E-state index contributed by atoms with van der Waals surface area (Å²) >= 11 is 0. The maximum Gasteiger partial charge on any atom is 0.315 e. The first-order valence-corrected chi connectivity index (χ1v) is 13.2. The van der Waals surface area contributed by atoms with Gasteiger partial charge in [-0.05, 0) is 67.0 Å². The van der Waals surface area contributed by atoms with Crippen molar-refractivity contribution in [2.45, 2.75) is 52.7 Å². The van der Waals surface area contributed by atoms with Crippen LogP contribution < -0.4 is 0 Å². The Hall–Kier alpha value is -3.84. The first-order chi connectivity index (χ1) is 18.7. The molecule has 39 heavy (non-hydrogen) atoms. The van der Waals surface area contributed by atoms with Gasteiger partial charge in [0.25, 0.3) is 0 Å². The van der Waals surface area contributed by atoms with E-state index in [0.29, 0.717) is 19.4 Å². The zero-order valence-corrected chi connectivity index (χ0v) is 23.0. The average molecular weight is 534 g/mol. The van der Waals surface area contributed by atoms with Gasteiger partial charge in [-0.25, -0.2) is 0 Å². The Bertz CT molecular complexity index is 1210. The Labute approximate surface area is 230 Å². The van der Waals surface area contributed by atoms with E-state index in [9.17, 15) is 19.5 Å². The number of benzene rings is 2. The molecule has 4 rings (SSSR count). The lowest BCUT2D eigenvalue weighted by molar-refractivity contribution is -0.157. The number of aliphatic hydroxyl groups is 1. The molecular formula is C32H37O7+. The molecule has 0 heterocycles. The second kappa shape index (κ2) is 13.8. The summed E-state index contributed by atoms with van der Waals surface area (Å²) in [6.07, 6.45) is -0.223. The maximum absolute atomic E-state index is 12.1. The van der Waals surface area contributed by atoms with Crippen molar-refractivity contribution in [3.05, 3.63) is 89.9 Å². The van der Waals surface area contributed by atoms with Gasteiger partial charge in [0.15, 0.2) is 0 Å². The van der Waals surface area contributed by atoms with Crippen molar-refractivity contribution in [2.24, 2.45) is 11.8 Å². The Morgan fingerprint density at radius 2 is 1.31 bits per heavy atom. The summed E-state index contributed by atoms with van der Waals surface area (Å²) in [5.41, 5.74) is 5.98. The third-order valence-electron chi connectivity index (χ3n) is 7.09. The summed E-state index contributed by atoms with van der Waals surface area (Å²) in [5.74, 6) is -2.02. The van der Waals surface area contributed by atoms with E-state index in [1.165, 1.54) is 6.92 Å². The molecule has 0 unspecified atom stereocenters. The van der Waals surface area contributed by atoms with E-state index in [1.807, 2.05) is 74.5 Å². The lowest BCUT2D eigenvalue weighted by atomic mass is 10.0. The number of carbonyl (C=O) groups excluding carboxylic acids is 3. The minimum absolute atomic E-state index is 0.0990. The van der Waals surface area contributed by atoms with Crippen LogP contribution in [-0.4, -0.2) is 48.4 Å². The Balaban J connectivity index is 0.000000218. The molecule has 206 valence electrons. The highest BCUT2D eigenvalue weighted by molar-refractivity contribution is 5.84. The number of rotatable bonds is 7. The number of aliphatic hydroxyl groups excluding tert-OH is 1. The summed E-state index contributed by atoms with van der Waals surface area (Å²) in [7, 11) is 0. The van der Waals surface area contributed by atoms with Crippen molar-refractivity contribution in [1.82, 2.24) is 0 Å².